The fourth-order valence-corrected chi connectivity index (χ4v) is 3.55. The standard InChI is InChI=1S/C17H21ClN2O/c1-3-13(18)16-19-14-9-5-4-8-12(14)17(21)20(16)15-10-6-7-11(15)2/h4-5,8-9,11,13,15H,3,6-7,10H2,1-2H3. The number of benzene rings is 1. The Hall–Kier alpha value is -1.35. The highest BCUT2D eigenvalue weighted by atomic mass is 35.5. The summed E-state index contributed by atoms with van der Waals surface area (Å²) in [5, 5.41) is 0.482. The van der Waals surface area contributed by atoms with E-state index in [0.717, 1.165) is 24.2 Å². The lowest BCUT2D eigenvalue weighted by Gasteiger charge is -2.24. The van der Waals surface area contributed by atoms with Crippen molar-refractivity contribution >= 4 is 22.5 Å². The third-order valence-corrected chi connectivity index (χ3v) is 5.13. The van der Waals surface area contributed by atoms with Gasteiger partial charge in [-0.2, -0.15) is 0 Å². The predicted molar refractivity (Wildman–Crippen MR) is 86.9 cm³/mol. The van der Waals surface area contributed by atoms with Gasteiger partial charge < -0.3 is 0 Å². The summed E-state index contributed by atoms with van der Waals surface area (Å²) in [5.74, 6) is 1.24. The molecule has 1 aliphatic rings. The van der Waals surface area contributed by atoms with E-state index in [9.17, 15) is 4.79 Å². The third-order valence-electron chi connectivity index (χ3n) is 4.62. The van der Waals surface area contributed by atoms with E-state index in [1.807, 2.05) is 35.8 Å². The third kappa shape index (κ3) is 2.48. The Morgan fingerprint density at radius 2 is 2.14 bits per heavy atom. The molecule has 0 N–H and O–H groups in total. The second-order valence-electron chi connectivity index (χ2n) is 6.01. The molecule has 0 aliphatic heterocycles. The van der Waals surface area contributed by atoms with Crippen molar-refractivity contribution in [1.29, 1.82) is 0 Å². The number of nitrogens with zero attached hydrogens (tertiary/aromatic N) is 2. The molecule has 0 radical (unpaired) electrons. The van der Waals surface area contributed by atoms with Gasteiger partial charge in [0.15, 0.2) is 0 Å². The lowest BCUT2D eigenvalue weighted by atomic mass is 10.1. The lowest BCUT2D eigenvalue weighted by molar-refractivity contribution is 0.381. The molecule has 3 unspecified atom stereocenters. The van der Waals surface area contributed by atoms with Crippen molar-refractivity contribution in [2.45, 2.75) is 50.9 Å². The number of hydrogen-bond donors (Lipinski definition) is 0. The van der Waals surface area contributed by atoms with Crippen molar-refractivity contribution in [3.63, 3.8) is 0 Å². The zero-order valence-corrected chi connectivity index (χ0v) is 13.3. The van der Waals surface area contributed by atoms with Gasteiger partial charge in [-0.15, -0.1) is 11.6 Å². The molecule has 3 rings (SSSR count). The predicted octanol–water partition coefficient (Wildman–Crippen LogP) is 4.45. The van der Waals surface area contributed by atoms with Crippen LogP contribution in [0.15, 0.2) is 29.1 Å². The van der Waals surface area contributed by atoms with E-state index in [4.69, 9.17) is 16.6 Å². The van der Waals surface area contributed by atoms with Gasteiger partial charge in [-0.3, -0.25) is 9.36 Å². The van der Waals surface area contributed by atoms with Crippen molar-refractivity contribution in [1.82, 2.24) is 9.55 Å². The Labute approximate surface area is 130 Å². The van der Waals surface area contributed by atoms with Crippen molar-refractivity contribution in [2.24, 2.45) is 5.92 Å². The molecule has 0 saturated heterocycles. The first kappa shape index (κ1) is 14.6. The molecular formula is C17H21ClN2O. The smallest absolute Gasteiger partial charge is 0.261 e. The molecule has 1 aromatic carbocycles. The second-order valence-corrected chi connectivity index (χ2v) is 6.54. The average molecular weight is 305 g/mol. The van der Waals surface area contributed by atoms with Crippen LogP contribution in [0.1, 0.15) is 56.8 Å². The number of halogens is 1. The largest absolute Gasteiger partial charge is 0.291 e. The maximum atomic E-state index is 13.0. The minimum atomic E-state index is -0.213. The van der Waals surface area contributed by atoms with E-state index in [0.29, 0.717) is 11.3 Å². The maximum Gasteiger partial charge on any atom is 0.261 e. The second kappa shape index (κ2) is 5.80. The molecule has 21 heavy (non-hydrogen) atoms. The summed E-state index contributed by atoms with van der Waals surface area (Å²) in [6, 6.07) is 7.79. The van der Waals surface area contributed by atoms with Crippen LogP contribution in [0.25, 0.3) is 10.9 Å². The van der Waals surface area contributed by atoms with Gasteiger partial charge in [0, 0.05) is 6.04 Å². The van der Waals surface area contributed by atoms with Gasteiger partial charge in [0.2, 0.25) is 0 Å². The molecule has 0 spiro atoms. The average Bonchev–Trinajstić information content (AvgIpc) is 2.92. The summed E-state index contributed by atoms with van der Waals surface area (Å²) < 4.78 is 1.89. The van der Waals surface area contributed by atoms with Gasteiger partial charge in [-0.05, 0) is 37.3 Å². The molecule has 1 saturated carbocycles. The molecule has 1 aromatic heterocycles. The van der Waals surface area contributed by atoms with E-state index in [1.165, 1.54) is 12.8 Å². The van der Waals surface area contributed by atoms with Gasteiger partial charge in [0.1, 0.15) is 5.82 Å². The van der Waals surface area contributed by atoms with Crippen LogP contribution in [-0.4, -0.2) is 9.55 Å². The van der Waals surface area contributed by atoms with Crippen molar-refractivity contribution < 1.29 is 0 Å². The number of rotatable bonds is 3. The summed E-state index contributed by atoms with van der Waals surface area (Å²) in [5.41, 5.74) is 0.812. The SMILES string of the molecule is CCC(Cl)c1nc2ccccc2c(=O)n1C1CCCC1C. The first-order chi connectivity index (χ1) is 10.1. The fraction of sp³-hybridized carbons (Fsp3) is 0.529. The summed E-state index contributed by atoms with van der Waals surface area (Å²) in [7, 11) is 0. The highest BCUT2D eigenvalue weighted by Crippen LogP contribution is 2.37. The summed E-state index contributed by atoms with van der Waals surface area (Å²) in [6.07, 6.45) is 4.15. The topological polar surface area (TPSA) is 34.9 Å². The molecular weight excluding hydrogens is 284 g/mol. The monoisotopic (exact) mass is 304 g/mol. The summed E-state index contributed by atoms with van der Waals surface area (Å²) in [4.78, 5) is 17.7. The molecule has 4 heteroatoms. The minimum absolute atomic E-state index is 0.0634. The molecule has 3 atom stereocenters. The van der Waals surface area contributed by atoms with Crippen LogP contribution in [0.4, 0.5) is 0 Å². The van der Waals surface area contributed by atoms with Crippen LogP contribution >= 0.6 is 11.6 Å². The van der Waals surface area contributed by atoms with E-state index in [-0.39, 0.29) is 17.0 Å². The van der Waals surface area contributed by atoms with Crippen LogP contribution in [0, 0.1) is 5.92 Å². The Bertz CT molecular complexity index is 709. The summed E-state index contributed by atoms with van der Waals surface area (Å²) in [6.45, 7) is 4.25. The van der Waals surface area contributed by atoms with Crippen molar-refractivity contribution in [3.05, 3.63) is 40.4 Å². The van der Waals surface area contributed by atoms with E-state index >= 15 is 0 Å². The van der Waals surface area contributed by atoms with E-state index < -0.39 is 0 Å². The van der Waals surface area contributed by atoms with Crippen molar-refractivity contribution in [3.8, 4) is 0 Å². The minimum Gasteiger partial charge on any atom is -0.291 e. The quantitative estimate of drug-likeness (QED) is 0.785. The van der Waals surface area contributed by atoms with Gasteiger partial charge in [-0.25, -0.2) is 4.98 Å². The van der Waals surface area contributed by atoms with Crippen LogP contribution < -0.4 is 5.56 Å². The van der Waals surface area contributed by atoms with Crippen LogP contribution in [0.3, 0.4) is 0 Å². The van der Waals surface area contributed by atoms with Crippen molar-refractivity contribution in [2.75, 3.05) is 0 Å². The highest BCUT2D eigenvalue weighted by Gasteiger charge is 2.30. The number of para-hydroxylation sites is 1. The number of alkyl halides is 1. The molecule has 1 aliphatic carbocycles. The normalized spacial score (nSPS) is 23.6. The van der Waals surface area contributed by atoms with Gasteiger partial charge in [0.25, 0.3) is 5.56 Å². The van der Waals surface area contributed by atoms with Gasteiger partial charge in [-0.1, -0.05) is 32.4 Å². The molecule has 112 valence electrons. The number of fused-ring (bicyclic) bond motifs is 1. The molecule has 1 heterocycles. The molecule has 1 fully saturated rings. The molecule has 3 nitrogen and oxygen atoms in total. The van der Waals surface area contributed by atoms with Crippen LogP contribution in [0.5, 0.6) is 0 Å². The Kier molecular flexibility index (Phi) is 4.03. The van der Waals surface area contributed by atoms with E-state index in [2.05, 4.69) is 6.92 Å². The van der Waals surface area contributed by atoms with Gasteiger partial charge in [0.05, 0.1) is 16.3 Å². The lowest BCUT2D eigenvalue weighted by Crippen LogP contribution is -2.31. The Morgan fingerprint density at radius 1 is 1.38 bits per heavy atom. The number of hydrogen-bond acceptors (Lipinski definition) is 2. The summed E-state index contributed by atoms with van der Waals surface area (Å²) >= 11 is 6.47. The fourth-order valence-electron chi connectivity index (χ4n) is 3.40. The Balaban J connectivity index is 2.28. The zero-order valence-electron chi connectivity index (χ0n) is 12.6. The van der Waals surface area contributed by atoms with Gasteiger partial charge >= 0.3 is 0 Å². The molecule has 0 amide bonds. The maximum absolute atomic E-state index is 13.0. The first-order valence-corrected chi connectivity index (χ1v) is 8.22. The molecule has 0 bridgehead atoms. The first-order valence-electron chi connectivity index (χ1n) is 7.78. The van der Waals surface area contributed by atoms with Crippen LogP contribution in [0.2, 0.25) is 0 Å². The van der Waals surface area contributed by atoms with E-state index in [1.54, 1.807) is 0 Å². The molecule has 2 aromatic rings. The highest BCUT2D eigenvalue weighted by molar-refractivity contribution is 6.20. The Morgan fingerprint density at radius 3 is 2.81 bits per heavy atom. The van der Waals surface area contributed by atoms with Crippen LogP contribution in [-0.2, 0) is 0 Å². The zero-order chi connectivity index (χ0) is 15.0. The number of aromatic nitrogens is 2.